The molecule has 2 aromatic heterocycles. The molecule has 2 rings (SSSR count). The minimum Gasteiger partial charge on any atom is -0.383 e. The highest BCUT2D eigenvalue weighted by Crippen LogP contribution is 2.17. The summed E-state index contributed by atoms with van der Waals surface area (Å²) >= 11 is 0. The second kappa shape index (κ2) is 6.02. The molecule has 0 unspecified atom stereocenters. The molecule has 0 aliphatic carbocycles. The third kappa shape index (κ3) is 3.14. The van der Waals surface area contributed by atoms with E-state index >= 15 is 0 Å². The fraction of sp³-hybridized carbons (Fsp3) is 0.333. The van der Waals surface area contributed by atoms with Crippen molar-refractivity contribution < 1.29 is 8.42 Å². The van der Waals surface area contributed by atoms with Crippen molar-refractivity contribution in [2.75, 3.05) is 11.9 Å². The number of imidazole rings is 1. The van der Waals surface area contributed by atoms with Crippen LogP contribution in [-0.4, -0.2) is 29.5 Å². The van der Waals surface area contributed by atoms with Gasteiger partial charge in [0, 0.05) is 32.2 Å². The summed E-state index contributed by atoms with van der Waals surface area (Å²) in [7, 11) is -1.88. The van der Waals surface area contributed by atoms with Gasteiger partial charge in [-0.3, -0.25) is 0 Å². The topological polar surface area (TPSA) is 88.9 Å². The smallest absolute Gasteiger partial charge is 0.260 e. The quantitative estimate of drug-likeness (QED) is 0.820. The molecule has 7 nitrogen and oxygen atoms in total. The van der Waals surface area contributed by atoms with Crippen LogP contribution in [-0.2, 0) is 23.6 Å². The minimum absolute atomic E-state index is 0.00365. The third-order valence-electron chi connectivity index (χ3n) is 2.73. The number of aryl methyl sites for hydroxylation is 1. The Morgan fingerprint density at radius 3 is 2.75 bits per heavy atom. The normalized spacial score (nSPS) is 11.5. The lowest BCUT2D eigenvalue weighted by Crippen LogP contribution is -2.26. The van der Waals surface area contributed by atoms with E-state index < -0.39 is 10.0 Å². The summed E-state index contributed by atoms with van der Waals surface area (Å²) in [6.45, 7) is 2.63. The van der Waals surface area contributed by atoms with Gasteiger partial charge in [-0.1, -0.05) is 0 Å². The number of sulfonamides is 1. The van der Waals surface area contributed by atoms with Crippen molar-refractivity contribution in [3.05, 3.63) is 36.5 Å². The molecule has 2 aromatic rings. The molecule has 0 radical (unpaired) electrons. The SMILES string of the molecule is CCNc1cccnc1S(=O)(=O)NCc1nccn1C. The summed E-state index contributed by atoms with van der Waals surface area (Å²) < 4.78 is 28.8. The average molecular weight is 295 g/mol. The zero-order valence-electron chi connectivity index (χ0n) is 11.4. The van der Waals surface area contributed by atoms with Crippen molar-refractivity contribution in [3.63, 3.8) is 0 Å². The monoisotopic (exact) mass is 295 g/mol. The largest absolute Gasteiger partial charge is 0.383 e. The first kappa shape index (κ1) is 14.5. The number of nitrogens with one attached hydrogen (secondary N) is 2. The third-order valence-corrected chi connectivity index (χ3v) is 4.09. The molecule has 0 spiro atoms. The van der Waals surface area contributed by atoms with Crippen molar-refractivity contribution in [1.29, 1.82) is 0 Å². The zero-order chi connectivity index (χ0) is 14.6. The molecular formula is C12H17N5O2S. The van der Waals surface area contributed by atoms with Crippen LogP contribution in [0, 0.1) is 0 Å². The second-order valence-corrected chi connectivity index (χ2v) is 5.85. The van der Waals surface area contributed by atoms with Gasteiger partial charge in [0.15, 0.2) is 5.03 Å². The number of aromatic nitrogens is 3. The molecule has 8 heteroatoms. The number of nitrogens with zero attached hydrogens (tertiary/aromatic N) is 3. The first-order valence-corrected chi connectivity index (χ1v) is 7.67. The maximum atomic E-state index is 12.3. The Hall–Kier alpha value is -1.93. The van der Waals surface area contributed by atoms with E-state index in [0.717, 1.165) is 0 Å². The summed E-state index contributed by atoms with van der Waals surface area (Å²) in [6.07, 6.45) is 4.83. The lowest BCUT2D eigenvalue weighted by molar-refractivity contribution is 0.574. The van der Waals surface area contributed by atoms with Gasteiger partial charge in [-0.05, 0) is 19.1 Å². The number of rotatable bonds is 6. The average Bonchev–Trinajstić information content (AvgIpc) is 2.83. The fourth-order valence-electron chi connectivity index (χ4n) is 1.72. The summed E-state index contributed by atoms with van der Waals surface area (Å²) in [5.74, 6) is 0.634. The van der Waals surface area contributed by atoms with Crippen molar-refractivity contribution >= 4 is 15.7 Å². The number of hydrogen-bond acceptors (Lipinski definition) is 5. The molecule has 0 fully saturated rings. The van der Waals surface area contributed by atoms with Gasteiger partial charge in [-0.2, -0.15) is 0 Å². The van der Waals surface area contributed by atoms with E-state index in [1.54, 1.807) is 29.1 Å². The van der Waals surface area contributed by atoms with Gasteiger partial charge in [0.05, 0.1) is 12.2 Å². The van der Waals surface area contributed by atoms with Gasteiger partial charge < -0.3 is 9.88 Å². The molecule has 2 heterocycles. The summed E-state index contributed by atoms with van der Waals surface area (Å²) in [4.78, 5) is 8.02. The van der Waals surface area contributed by atoms with Gasteiger partial charge in [0.25, 0.3) is 10.0 Å². The van der Waals surface area contributed by atoms with Gasteiger partial charge >= 0.3 is 0 Å². The summed E-state index contributed by atoms with van der Waals surface area (Å²) in [5, 5.41) is 2.98. The Labute approximate surface area is 118 Å². The van der Waals surface area contributed by atoms with Gasteiger partial charge in [-0.25, -0.2) is 23.1 Å². The Balaban J connectivity index is 2.20. The number of anilines is 1. The zero-order valence-corrected chi connectivity index (χ0v) is 12.2. The minimum atomic E-state index is -3.68. The number of hydrogen-bond donors (Lipinski definition) is 2. The molecule has 0 atom stereocenters. The maximum Gasteiger partial charge on any atom is 0.260 e. The van der Waals surface area contributed by atoms with Crippen LogP contribution in [0.3, 0.4) is 0 Å². The predicted octanol–water partition coefficient (Wildman–Crippen LogP) is 0.725. The van der Waals surface area contributed by atoms with Crippen LogP contribution in [0.15, 0.2) is 35.7 Å². The van der Waals surface area contributed by atoms with Gasteiger partial charge in [0.1, 0.15) is 5.82 Å². The van der Waals surface area contributed by atoms with Gasteiger partial charge in [-0.15, -0.1) is 0 Å². The van der Waals surface area contributed by atoms with Gasteiger partial charge in [0.2, 0.25) is 0 Å². The Morgan fingerprint density at radius 2 is 2.10 bits per heavy atom. The molecule has 0 amide bonds. The van der Waals surface area contributed by atoms with Crippen LogP contribution >= 0.6 is 0 Å². The Kier molecular flexibility index (Phi) is 4.35. The van der Waals surface area contributed by atoms with Crippen LogP contribution in [0.1, 0.15) is 12.7 Å². The highest BCUT2D eigenvalue weighted by Gasteiger charge is 2.20. The second-order valence-electron chi connectivity index (χ2n) is 4.17. The molecular weight excluding hydrogens is 278 g/mol. The molecule has 0 aliphatic rings. The van der Waals surface area contributed by atoms with Crippen molar-refractivity contribution in [2.24, 2.45) is 7.05 Å². The number of pyridine rings is 1. The van der Waals surface area contributed by atoms with Crippen LogP contribution in [0.2, 0.25) is 0 Å². The maximum absolute atomic E-state index is 12.3. The lowest BCUT2D eigenvalue weighted by atomic mass is 10.4. The van der Waals surface area contributed by atoms with E-state index in [9.17, 15) is 8.42 Å². The van der Waals surface area contributed by atoms with Crippen LogP contribution in [0.5, 0.6) is 0 Å². The molecule has 0 aliphatic heterocycles. The Morgan fingerprint density at radius 1 is 1.30 bits per heavy atom. The van der Waals surface area contributed by atoms with Crippen molar-refractivity contribution in [3.8, 4) is 0 Å². The molecule has 108 valence electrons. The molecule has 0 saturated carbocycles. The fourth-order valence-corrected chi connectivity index (χ4v) is 2.81. The van der Waals surface area contributed by atoms with E-state index in [2.05, 4.69) is 20.0 Å². The summed E-state index contributed by atoms with van der Waals surface area (Å²) in [6, 6.07) is 3.38. The van der Waals surface area contributed by atoms with Crippen LogP contribution < -0.4 is 10.0 Å². The van der Waals surface area contributed by atoms with E-state index in [4.69, 9.17) is 0 Å². The highest BCUT2D eigenvalue weighted by atomic mass is 32.2. The van der Waals surface area contributed by atoms with Crippen LogP contribution in [0.25, 0.3) is 0 Å². The van der Waals surface area contributed by atoms with Crippen molar-refractivity contribution in [1.82, 2.24) is 19.3 Å². The molecule has 0 aromatic carbocycles. The predicted molar refractivity (Wildman–Crippen MR) is 75.6 cm³/mol. The lowest BCUT2D eigenvalue weighted by Gasteiger charge is -2.11. The first-order chi connectivity index (χ1) is 9.54. The molecule has 0 bridgehead atoms. The van der Waals surface area contributed by atoms with Crippen LogP contribution in [0.4, 0.5) is 5.69 Å². The highest BCUT2D eigenvalue weighted by molar-refractivity contribution is 7.89. The molecule has 0 saturated heterocycles. The standard InChI is InChI=1S/C12H17N5O2S/c1-3-13-10-5-4-6-15-12(10)20(18,19)16-9-11-14-7-8-17(11)2/h4-8,13,16H,3,9H2,1-2H3. The Bertz CT molecular complexity index is 681. The van der Waals surface area contributed by atoms with E-state index in [0.29, 0.717) is 18.1 Å². The first-order valence-electron chi connectivity index (χ1n) is 6.19. The van der Waals surface area contributed by atoms with E-state index in [-0.39, 0.29) is 11.6 Å². The molecule has 2 N–H and O–H groups in total. The van der Waals surface area contributed by atoms with E-state index in [1.165, 1.54) is 6.20 Å². The molecule has 20 heavy (non-hydrogen) atoms. The van der Waals surface area contributed by atoms with E-state index in [1.807, 2.05) is 14.0 Å². The van der Waals surface area contributed by atoms with Crippen molar-refractivity contribution in [2.45, 2.75) is 18.5 Å². The summed E-state index contributed by atoms with van der Waals surface area (Å²) in [5.41, 5.74) is 0.488.